The molecule has 1 rings (SSSR count). The summed E-state index contributed by atoms with van der Waals surface area (Å²) in [6, 6.07) is 4.61. The van der Waals surface area contributed by atoms with Crippen LogP contribution in [-0.2, 0) is 11.3 Å². The lowest BCUT2D eigenvalue weighted by molar-refractivity contribution is -0.121. The zero-order valence-electron chi connectivity index (χ0n) is 11.6. The number of rotatable bonds is 6. The fraction of sp³-hybridized carbons (Fsp3) is 0.500. The number of benzene rings is 1. The summed E-state index contributed by atoms with van der Waals surface area (Å²) in [5.41, 5.74) is 6.13. The van der Waals surface area contributed by atoms with E-state index in [1.807, 2.05) is 13.8 Å². The average Bonchev–Trinajstić information content (AvgIpc) is 2.33. The normalized spacial score (nSPS) is 11.2. The molecule has 5 heteroatoms. The highest BCUT2D eigenvalue weighted by Crippen LogP contribution is 2.17. The van der Waals surface area contributed by atoms with Gasteiger partial charge in [0.15, 0.2) is 11.6 Å². The van der Waals surface area contributed by atoms with Gasteiger partial charge in [-0.1, -0.05) is 6.07 Å². The van der Waals surface area contributed by atoms with E-state index >= 15 is 0 Å². The van der Waals surface area contributed by atoms with Gasteiger partial charge in [-0.3, -0.25) is 4.79 Å². The maximum Gasteiger partial charge on any atom is 0.220 e. The minimum atomic E-state index is -0.433. The third-order valence-corrected chi connectivity index (χ3v) is 2.70. The number of ether oxygens (including phenoxy) is 1. The van der Waals surface area contributed by atoms with Crippen molar-refractivity contribution in [2.45, 2.75) is 38.8 Å². The van der Waals surface area contributed by atoms with Crippen LogP contribution < -0.4 is 15.8 Å². The Balaban J connectivity index is 2.44. The fourth-order valence-corrected chi connectivity index (χ4v) is 1.54. The van der Waals surface area contributed by atoms with Gasteiger partial charge in [0, 0.05) is 18.5 Å². The number of nitrogens with one attached hydrogen (secondary N) is 1. The molecule has 0 aliphatic heterocycles. The number of nitrogens with two attached hydrogens (primary N) is 1. The van der Waals surface area contributed by atoms with Crippen molar-refractivity contribution in [3.8, 4) is 5.75 Å². The van der Waals surface area contributed by atoms with Crippen molar-refractivity contribution in [3.05, 3.63) is 29.6 Å². The van der Waals surface area contributed by atoms with Crippen molar-refractivity contribution in [3.63, 3.8) is 0 Å². The van der Waals surface area contributed by atoms with Crippen molar-refractivity contribution in [1.82, 2.24) is 5.32 Å². The quantitative estimate of drug-likeness (QED) is 0.829. The molecule has 19 heavy (non-hydrogen) atoms. The lowest BCUT2D eigenvalue weighted by Crippen LogP contribution is -2.34. The molecule has 3 N–H and O–H groups in total. The number of halogens is 1. The van der Waals surface area contributed by atoms with Gasteiger partial charge in [0.2, 0.25) is 5.91 Å². The molecule has 0 unspecified atom stereocenters. The Morgan fingerprint density at radius 2 is 2.16 bits per heavy atom. The minimum Gasteiger partial charge on any atom is -0.494 e. The highest BCUT2D eigenvalue weighted by atomic mass is 19.1. The summed E-state index contributed by atoms with van der Waals surface area (Å²) in [4.78, 5) is 11.6. The second-order valence-corrected chi connectivity index (χ2v) is 5.23. The van der Waals surface area contributed by atoms with Crippen LogP contribution >= 0.6 is 0 Å². The van der Waals surface area contributed by atoms with E-state index in [0.717, 1.165) is 0 Å². The summed E-state index contributed by atoms with van der Waals surface area (Å²) >= 11 is 0. The summed E-state index contributed by atoms with van der Waals surface area (Å²) in [5, 5.41) is 2.73. The van der Waals surface area contributed by atoms with Crippen LogP contribution in [-0.4, -0.2) is 18.6 Å². The Morgan fingerprint density at radius 1 is 1.47 bits per heavy atom. The van der Waals surface area contributed by atoms with Crippen molar-refractivity contribution < 1.29 is 13.9 Å². The molecule has 0 spiro atoms. The van der Waals surface area contributed by atoms with Crippen LogP contribution in [0.4, 0.5) is 4.39 Å². The first-order valence-corrected chi connectivity index (χ1v) is 6.20. The molecule has 0 aromatic heterocycles. The lowest BCUT2D eigenvalue weighted by Gasteiger charge is -2.17. The largest absolute Gasteiger partial charge is 0.494 e. The SMILES string of the molecule is COc1ccc(CNC(=O)CCC(C)(C)N)cc1F. The van der Waals surface area contributed by atoms with Crippen LogP contribution in [0.3, 0.4) is 0 Å². The molecule has 1 aromatic rings. The highest BCUT2D eigenvalue weighted by molar-refractivity contribution is 5.75. The zero-order valence-corrected chi connectivity index (χ0v) is 11.6. The number of hydrogen-bond donors (Lipinski definition) is 2. The van der Waals surface area contributed by atoms with E-state index < -0.39 is 5.82 Å². The first-order valence-electron chi connectivity index (χ1n) is 6.20. The van der Waals surface area contributed by atoms with E-state index in [1.165, 1.54) is 13.2 Å². The van der Waals surface area contributed by atoms with Crippen molar-refractivity contribution in [1.29, 1.82) is 0 Å². The Morgan fingerprint density at radius 3 is 2.68 bits per heavy atom. The summed E-state index contributed by atoms with van der Waals surface area (Å²) in [7, 11) is 1.41. The standard InChI is InChI=1S/C14H21FN2O2/c1-14(2,16)7-6-13(18)17-9-10-4-5-12(19-3)11(15)8-10/h4-5,8H,6-7,9,16H2,1-3H3,(H,17,18). The fourth-order valence-electron chi connectivity index (χ4n) is 1.54. The molecule has 0 fully saturated rings. The van der Waals surface area contributed by atoms with Gasteiger partial charge in [0.05, 0.1) is 7.11 Å². The summed E-state index contributed by atoms with van der Waals surface area (Å²) in [5.74, 6) is -0.327. The van der Waals surface area contributed by atoms with Crippen LogP contribution in [0.25, 0.3) is 0 Å². The van der Waals surface area contributed by atoms with Gasteiger partial charge < -0.3 is 15.8 Å². The number of carbonyl (C=O) groups is 1. The van der Waals surface area contributed by atoms with Gasteiger partial charge in [0.1, 0.15) is 0 Å². The van der Waals surface area contributed by atoms with E-state index in [9.17, 15) is 9.18 Å². The molecule has 0 aliphatic carbocycles. The van der Waals surface area contributed by atoms with Crippen LogP contribution in [0.2, 0.25) is 0 Å². The third kappa shape index (κ3) is 5.70. The molecule has 0 bridgehead atoms. The topological polar surface area (TPSA) is 64.3 Å². The second kappa shape index (κ2) is 6.52. The van der Waals surface area contributed by atoms with E-state index in [1.54, 1.807) is 12.1 Å². The number of carbonyl (C=O) groups excluding carboxylic acids is 1. The predicted octanol–water partition coefficient (Wildman–Crippen LogP) is 1.97. The average molecular weight is 268 g/mol. The Kier molecular flexibility index (Phi) is 5.30. The maximum atomic E-state index is 13.4. The van der Waals surface area contributed by atoms with Gasteiger partial charge in [-0.15, -0.1) is 0 Å². The molecule has 1 aromatic carbocycles. The molecule has 0 heterocycles. The molecule has 0 atom stereocenters. The van der Waals surface area contributed by atoms with E-state index in [0.29, 0.717) is 24.9 Å². The summed E-state index contributed by atoms with van der Waals surface area (Å²) in [6.07, 6.45) is 0.970. The maximum absolute atomic E-state index is 13.4. The smallest absolute Gasteiger partial charge is 0.220 e. The predicted molar refractivity (Wildman–Crippen MR) is 72.3 cm³/mol. The molecule has 4 nitrogen and oxygen atoms in total. The Hall–Kier alpha value is -1.62. The molecule has 0 aliphatic rings. The van der Waals surface area contributed by atoms with Crippen molar-refractivity contribution >= 4 is 5.91 Å². The molecular formula is C14H21FN2O2. The van der Waals surface area contributed by atoms with Crippen LogP contribution in [0, 0.1) is 5.82 Å². The first kappa shape index (κ1) is 15.4. The molecule has 0 saturated heterocycles. The van der Waals surface area contributed by atoms with Crippen molar-refractivity contribution in [2.24, 2.45) is 5.73 Å². The number of amides is 1. The minimum absolute atomic E-state index is 0.0882. The van der Waals surface area contributed by atoms with Gasteiger partial charge in [-0.05, 0) is 38.0 Å². The van der Waals surface area contributed by atoms with Crippen molar-refractivity contribution in [2.75, 3.05) is 7.11 Å². The van der Waals surface area contributed by atoms with Crippen LogP contribution in [0.15, 0.2) is 18.2 Å². The highest BCUT2D eigenvalue weighted by Gasteiger charge is 2.13. The first-order chi connectivity index (χ1) is 8.81. The number of hydrogen-bond acceptors (Lipinski definition) is 3. The van der Waals surface area contributed by atoms with Gasteiger partial charge in [-0.2, -0.15) is 0 Å². The molecule has 0 radical (unpaired) electrons. The summed E-state index contributed by atoms with van der Waals surface area (Å²) in [6.45, 7) is 4.04. The van der Waals surface area contributed by atoms with E-state index in [-0.39, 0.29) is 17.2 Å². The molecule has 106 valence electrons. The van der Waals surface area contributed by atoms with Gasteiger partial charge in [-0.25, -0.2) is 4.39 Å². The van der Waals surface area contributed by atoms with Crippen LogP contribution in [0.5, 0.6) is 5.75 Å². The molecular weight excluding hydrogens is 247 g/mol. The van der Waals surface area contributed by atoms with E-state index in [2.05, 4.69) is 5.32 Å². The summed E-state index contributed by atoms with van der Waals surface area (Å²) < 4.78 is 18.3. The van der Waals surface area contributed by atoms with Gasteiger partial charge in [0.25, 0.3) is 0 Å². The van der Waals surface area contributed by atoms with Crippen LogP contribution in [0.1, 0.15) is 32.3 Å². The number of methoxy groups -OCH3 is 1. The Bertz CT molecular complexity index is 442. The zero-order chi connectivity index (χ0) is 14.5. The molecule has 1 amide bonds. The molecule has 0 saturated carbocycles. The lowest BCUT2D eigenvalue weighted by atomic mass is 10.00. The van der Waals surface area contributed by atoms with E-state index in [4.69, 9.17) is 10.5 Å². The van der Waals surface area contributed by atoms with Gasteiger partial charge >= 0.3 is 0 Å². The second-order valence-electron chi connectivity index (χ2n) is 5.23. The third-order valence-electron chi connectivity index (χ3n) is 2.70. The monoisotopic (exact) mass is 268 g/mol. The Labute approximate surface area is 113 Å².